The van der Waals surface area contributed by atoms with E-state index in [1.807, 2.05) is 0 Å². The van der Waals surface area contributed by atoms with Crippen LogP contribution in [-0.2, 0) is 19.5 Å². The van der Waals surface area contributed by atoms with Gasteiger partial charge in [0.25, 0.3) is 5.91 Å². The molecule has 31 heavy (non-hydrogen) atoms. The maximum Gasteiger partial charge on any atom is 0.414 e. The molecule has 164 valence electrons. The molecule has 2 aromatic rings. The third-order valence-corrected chi connectivity index (χ3v) is 7.28. The van der Waals surface area contributed by atoms with E-state index in [-0.39, 0.29) is 10.8 Å². The van der Waals surface area contributed by atoms with Gasteiger partial charge in [0.1, 0.15) is 6.61 Å². The van der Waals surface area contributed by atoms with Crippen LogP contribution in [0.3, 0.4) is 0 Å². The number of aryl methyl sites for hydroxylation is 1. The van der Waals surface area contributed by atoms with Gasteiger partial charge in [-0.3, -0.25) is 9.69 Å². The molecular formula is C21H23N3O6S. The summed E-state index contributed by atoms with van der Waals surface area (Å²) >= 11 is 0. The number of rotatable bonds is 5. The zero-order chi connectivity index (χ0) is 22.0. The zero-order valence-electron chi connectivity index (χ0n) is 17.0. The number of morpholine rings is 1. The van der Waals surface area contributed by atoms with E-state index in [9.17, 15) is 18.0 Å². The first kappa shape index (κ1) is 21.3. The van der Waals surface area contributed by atoms with Crippen molar-refractivity contribution in [1.82, 2.24) is 4.31 Å². The fourth-order valence-corrected chi connectivity index (χ4v) is 5.16. The van der Waals surface area contributed by atoms with Crippen LogP contribution in [0.15, 0.2) is 47.4 Å². The quantitative estimate of drug-likeness (QED) is 0.757. The monoisotopic (exact) mass is 445 g/mol. The lowest BCUT2D eigenvalue weighted by molar-refractivity contribution is 0.0730. The number of carbonyl (C=O) groups is 2. The van der Waals surface area contributed by atoms with Gasteiger partial charge in [-0.15, -0.1) is 0 Å². The van der Waals surface area contributed by atoms with Crippen molar-refractivity contribution < 1.29 is 27.5 Å². The van der Waals surface area contributed by atoms with Crippen LogP contribution in [0.2, 0.25) is 0 Å². The summed E-state index contributed by atoms with van der Waals surface area (Å²) in [5, 5.41) is 2.75. The minimum absolute atomic E-state index is 0.162. The van der Waals surface area contributed by atoms with Crippen molar-refractivity contribution in [3.63, 3.8) is 0 Å². The molecule has 2 amide bonds. The Kier molecular flexibility index (Phi) is 5.94. The number of benzene rings is 2. The summed E-state index contributed by atoms with van der Waals surface area (Å²) in [6.45, 7) is 3.85. The van der Waals surface area contributed by atoms with Gasteiger partial charge in [-0.1, -0.05) is 6.07 Å². The molecule has 2 heterocycles. The summed E-state index contributed by atoms with van der Waals surface area (Å²) in [5.41, 5.74) is 2.02. The highest BCUT2D eigenvalue weighted by Gasteiger charge is 2.28. The Bertz CT molecular complexity index is 1090. The van der Waals surface area contributed by atoms with Gasteiger partial charge in [0.15, 0.2) is 0 Å². The molecule has 0 aliphatic carbocycles. The average Bonchev–Trinajstić information content (AvgIpc) is 3.21. The summed E-state index contributed by atoms with van der Waals surface area (Å²) in [6, 6.07) is 11.4. The minimum Gasteiger partial charge on any atom is -0.447 e. The van der Waals surface area contributed by atoms with E-state index in [0.29, 0.717) is 62.0 Å². The predicted octanol–water partition coefficient (Wildman–Crippen LogP) is 2.22. The number of amides is 2. The standard InChI is InChI=1S/C21H23N3O6S/c1-15-2-5-17(14-19(15)31(27,28)23-8-11-29-12-9-23)22-20(25)16-3-6-18(7-4-16)24-10-13-30-21(24)26/h2-7,14H,8-13H2,1H3,(H,22,25). The van der Waals surface area contributed by atoms with Gasteiger partial charge in [0.2, 0.25) is 10.0 Å². The molecule has 0 aromatic heterocycles. The lowest BCUT2D eigenvalue weighted by Crippen LogP contribution is -2.40. The number of sulfonamides is 1. The van der Waals surface area contributed by atoms with Crippen LogP contribution in [0.25, 0.3) is 0 Å². The Hall–Kier alpha value is -2.95. The van der Waals surface area contributed by atoms with Crippen molar-refractivity contribution in [1.29, 1.82) is 0 Å². The lowest BCUT2D eigenvalue weighted by atomic mass is 10.1. The fraction of sp³-hybridized carbons (Fsp3) is 0.333. The van der Waals surface area contributed by atoms with Crippen LogP contribution in [0.5, 0.6) is 0 Å². The minimum atomic E-state index is -3.68. The van der Waals surface area contributed by atoms with E-state index >= 15 is 0 Å². The van der Waals surface area contributed by atoms with E-state index in [4.69, 9.17) is 9.47 Å². The molecule has 4 rings (SSSR count). The smallest absolute Gasteiger partial charge is 0.414 e. The van der Waals surface area contributed by atoms with Gasteiger partial charge in [0, 0.05) is 30.0 Å². The molecule has 2 aromatic carbocycles. The third-order valence-electron chi connectivity index (χ3n) is 5.24. The summed E-state index contributed by atoms with van der Waals surface area (Å²) in [6.07, 6.45) is -0.411. The molecule has 0 atom stereocenters. The van der Waals surface area contributed by atoms with E-state index in [1.54, 1.807) is 43.3 Å². The molecule has 0 spiro atoms. The van der Waals surface area contributed by atoms with Crippen molar-refractivity contribution >= 4 is 33.4 Å². The highest BCUT2D eigenvalue weighted by Crippen LogP contribution is 2.25. The van der Waals surface area contributed by atoms with E-state index < -0.39 is 16.1 Å². The van der Waals surface area contributed by atoms with Crippen molar-refractivity contribution in [2.45, 2.75) is 11.8 Å². The van der Waals surface area contributed by atoms with Gasteiger partial charge >= 0.3 is 6.09 Å². The number of hydrogen-bond acceptors (Lipinski definition) is 6. The maximum absolute atomic E-state index is 13.0. The lowest BCUT2D eigenvalue weighted by Gasteiger charge is -2.26. The number of hydrogen-bond donors (Lipinski definition) is 1. The SMILES string of the molecule is Cc1ccc(NC(=O)c2ccc(N3CCOC3=O)cc2)cc1S(=O)(=O)N1CCOCC1. The highest BCUT2D eigenvalue weighted by atomic mass is 32.2. The number of anilines is 2. The molecule has 0 radical (unpaired) electrons. The topological polar surface area (TPSA) is 105 Å². The Morgan fingerprint density at radius 3 is 2.35 bits per heavy atom. The molecule has 10 heteroatoms. The molecule has 2 aliphatic heterocycles. The first-order valence-electron chi connectivity index (χ1n) is 9.90. The number of nitrogens with zero attached hydrogens (tertiary/aromatic N) is 2. The highest BCUT2D eigenvalue weighted by molar-refractivity contribution is 7.89. The molecule has 2 saturated heterocycles. The summed E-state index contributed by atoms with van der Waals surface area (Å²) in [7, 11) is -3.68. The number of cyclic esters (lactones) is 1. The third kappa shape index (κ3) is 4.41. The Balaban J connectivity index is 1.51. The van der Waals surface area contributed by atoms with Gasteiger partial charge in [-0.05, 0) is 48.9 Å². The molecule has 9 nitrogen and oxygen atoms in total. The second-order valence-electron chi connectivity index (χ2n) is 7.26. The second kappa shape index (κ2) is 8.66. The molecule has 2 aliphatic rings. The van der Waals surface area contributed by atoms with Crippen molar-refractivity contribution in [3.05, 3.63) is 53.6 Å². The summed E-state index contributed by atoms with van der Waals surface area (Å²) < 4.78 is 37.6. The number of nitrogens with one attached hydrogen (secondary N) is 1. The fourth-order valence-electron chi connectivity index (χ4n) is 3.51. The predicted molar refractivity (Wildman–Crippen MR) is 114 cm³/mol. The van der Waals surface area contributed by atoms with Crippen LogP contribution < -0.4 is 10.2 Å². The normalized spacial score (nSPS) is 17.5. The first-order valence-corrected chi connectivity index (χ1v) is 11.3. The van der Waals surface area contributed by atoms with Gasteiger partial charge in [-0.2, -0.15) is 4.31 Å². The summed E-state index contributed by atoms with van der Waals surface area (Å²) in [5.74, 6) is -0.380. The number of carbonyl (C=O) groups excluding carboxylic acids is 2. The molecule has 1 N–H and O–H groups in total. The van der Waals surface area contributed by atoms with Crippen molar-refractivity contribution in [3.8, 4) is 0 Å². The van der Waals surface area contributed by atoms with Gasteiger partial charge in [-0.25, -0.2) is 13.2 Å². The van der Waals surface area contributed by atoms with Crippen LogP contribution in [0.1, 0.15) is 15.9 Å². The average molecular weight is 445 g/mol. The Labute approximate surface area is 180 Å². The second-order valence-corrected chi connectivity index (χ2v) is 9.17. The van der Waals surface area contributed by atoms with E-state index in [1.165, 1.54) is 15.3 Å². The van der Waals surface area contributed by atoms with E-state index in [2.05, 4.69) is 5.32 Å². The van der Waals surface area contributed by atoms with Crippen molar-refractivity contribution in [2.75, 3.05) is 49.7 Å². The maximum atomic E-state index is 13.0. The largest absolute Gasteiger partial charge is 0.447 e. The van der Waals surface area contributed by atoms with Crippen LogP contribution in [0.4, 0.5) is 16.2 Å². The summed E-state index contributed by atoms with van der Waals surface area (Å²) in [4.78, 5) is 26.0. The number of ether oxygens (including phenoxy) is 2. The molecule has 2 fully saturated rings. The van der Waals surface area contributed by atoms with Crippen LogP contribution in [0, 0.1) is 6.92 Å². The molecular weight excluding hydrogens is 422 g/mol. The van der Waals surface area contributed by atoms with E-state index in [0.717, 1.165) is 0 Å². The zero-order valence-corrected chi connectivity index (χ0v) is 17.9. The molecule has 0 saturated carbocycles. The Morgan fingerprint density at radius 1 is 1.00 bits per heavy atom. The van der Waals surface area contributed by atoms with Crippen molar-refractivity contribution in [2.24, 2.45) is 0 Å². The van der Waals surface area contributed by atoms with Crippen LogP contribution in [-0.4, -0.2) is 64.2 Å². The molecule has 0 bridgehead atoms. The molecule has 0 unspecified atom stereocenters. The van der Waals surface area contributed by atoms with Crippen LogP contribution >= 0.6 is 0 Å². The Morgan fingerprint density at radius 2 is 1.71 bits per heavy atom. The first-order chi connectivity index (χ1) is 14.9. The van der Waals surface area contributed by atoms with Gasteiger partial charge in [0.05, 0.1) is 24.7 Å². The van der Waals surface area contributed by atoms with Gasteiger partial charge < -0.3 is 14.8 Å².